The minimum absolute atomic E-state index is 0.122. The second-order valence-electron chi connectivity index (χ2n) is 6.52. The van der Waals surface area contributed by atoms with Crippen molar-refractivity contribution >= 4 is 5.69 Å². The molecule has 2 aliphatic rings. The maximum absolute atomic E-state index is 6.46. The van der Waals surface area contributed by atoms with Crippen molar-refractivity contribution in [3.05, 3.63) is 29.8 Å². The highest BCUT2D eigenvalue weighted by molar-refractivity contribution is 5.60. The Hall–Kier alpha value is -1.02. The predicted octanol–water partition coefficient (Wildman–Crippen LogP) is 3.06. The summed E-state index contributed by atoms with van der Waals surface area (Å²) in [5.41, 5.74) is 9.47. The van der Waals surface area contributed by atoms with Gasteiger partial charge in [-0.2, -0.15) is 0 Å². The lowest BCUT2D eigenvalue weighted by Crippen LogP contribution is -2.45. The Bertz CT molecular complexity index is 435. The number of hydrogen-bond donors (Lipinski definition) is 1. The number of hydrogen-bond acceptors (Lipinski definition) is 2. The summed E-state index contributed by atoms with van der Waals surface area (Å²) >= 11 is 0. The van der Waals surface area contributed by atoms with Crippen LogP contribution in [-0.4, -0.2) is 18.6 Å². The Kier molecular flexibility index (Phi) is 2.67. The average molecular weight is 244 g/mol. The van der Waals surface area contributed by atoms with Crippen molar-refractivity contribution in [1.82, 2.24) is 0 Å². The number of para-hydroxylation sites is 1. The molecule has 2 heteroatoms. The Balaban J connectivity index is 2.02. The molecule has 1 aromatic rings. The maximum atomic E-state index is 6.46. The first-order valence-corrected chi connectivity index (χ1v) is 7.18. The molecule has 1 aliphatic heterocycles. The summed E-state index contributed by atoms with van der Waals surface area (Å²) in [6.45, 7) is 6.78. The standard InChI is InChI=1S/C16H24N2/c1-15(2,17)16(9-10-16)13-7-3-4-8-14(13)18-11-5-6-12-18/h3-4,7-8H,5-6,9-12,17H2,1-2H3. The van der Waals surface area contributed by atoms with E-state index in [-0.39, 0.29) is 11.0 Å². The lowest BCUT2D eigenvalue weighted by molar-refractivity contribution is 0.391. The summed E-state index contributed by atoms with van der Waals surface area (Å²) in [6, 6.07) is 8.92. The van der Waals surface area contributed by atoms with E-state index >= 15 is 0 Å². The molecular weight excluding hydrogens is 220 g/mol. The van der Waals surface area contributed by atoms with E-state index in [4.69, 9.17) is 5.73 Å². The summed E-state index contributed by atoms with van der Waals surface area (Å²) in [5.74, 6) is 0. The van der Waals surface area contributed by atoms with E-state index in [1.165, 1.54) is 50.0 Å². The number of nitrogens with zero attached hydrogens (tertiary/aromatic N) is 1. The molecule has 0 bridgehead atoms. The quantitative estimate of drug-likeness (QED) is 0.885. The van der Waals surface area contributed by atoms with Crippen LogP contribution in [0, 0.1) is 0 Å². The molecule has 0 spiro atoms. The second kappa shape index (κ2) is 3.99. The van der Waals surface area contributed by atoms with E-state index in [0.29, 0.717) is 0 Å². The molecule has 0 amide bonds. The number of rotatable bonds is 3. The third-order valence-corrected chi connectivity index (χ3v) is 4.85. The molecule has 1 heterocycles. The Morgan fingerprint density at radius 1 is 1.11 bits per heavy atom. The molecule has 0 atom stereocenters. The van der Waals surface area contributed by atoms with E-state index in [1.54, 1.807) is 0 Å². The molecule has 1 saturated heterocycles. The normalized spacial score (nSPS) is 22.3. The zero-order valence-electron chi connectivity index (χ0n) is 11.6. The monoisotopic (exact) mass is 244 g/mol. The minimum atomic E-state index is -0.122. The highest BCUT2D eigenvalue weighted by atomic mass is 15.1. The van der Waals surface area contributed by atoms with Crippen LogP contribution in [0.25, 0.3) is 0 Å². The molecule has 2 fully saturated rings. The predicted molar refractivity (Wildman–Crippen MR) is 77.1 cm³/mol. The highest BCUT2D eigenvalue weighted by Gasteiger charge is 2.54. The molecule has 1 aromatic carbocycles. The van der Waals surface area contributed by atoms with Gasteiger partial charge in [0.2, 0.25) is 0 Å². The number of nitrogens with two attached hydrogens (primary N) is 1. The van der Waals surface area contributed by atoms with Crippen LogP contribution >= 0.6 is 0 Å². The van der Waals surface area contributed by atoms with Crippen LogP contribution in [0.2, 0.25) is 0 Å². The van der Waals surface area contributed by atoms with Gasteiger partial charge in [-0.15, -0.1) is 0 Å². The van der Waals surface area contributed by atoms with Crippen molar-refractivity contribution in [3.63, 3.8) is 0 Å². The summed E-state index contributed by atoms with van der Waals surface area (Å²) in [6.07, 6.45) is 5.13. The van der Waals surface area contributed by atoms with E-state index in [9.17, 15) is 0 Å². The van der Waals surface area contributed by atoms with Crippen LogP contribution in [-0.2, 0) is 5.41 Å². The van der Waals surface area contributed by atoms with Gasteiger partial charge in [0.25, 0.3) is 0 Å². The lowest BCUT2D eigenvalue weighted by atomic mass is 9.78. The molecule has 1 aliphatic carbocycles. The van der Waals surface area contributed by atoms with Gasteiger partial charge >= 0.3 is 0 Å². The van der Waals surface area contributed by atoms with Crippen molar-refractivity contribution in [3.8, 4) is 0 Å². The third-order valence-electron chi connectivity index (χ3n) is 4.85. The first-order chi connectivity index (χ1) is 8.55. The molecule has 0 unspecified atom stereocenters. The molecule has 0 radical (unpaired) electrons. The Morgan fingerprint density at radius 2 is 1.72 bits per heavy atom. The van der Waals surface area contributed by atoms with E-state index in [2.05, 4.69) is 43.0 Å². The smallest absolute Gasteiger partial charge is 0.0405 e. The van der Waals surface area contributed by atoms with Crippen molar-refractivity contribution in [2.45, 2.75) is 50.5 Å². The van der Waals surface area contributed by atoms with E-state index in [0.717, 1.165) is 0 Å². The van der Waals surface area contributed by atoms with Gasteiger partial charge in [-0.25, -0.2) is 0 Å². The van der Waals surface area contributed by atoms with E-state index in [1.807, 2.05) is 0 Å². The van der Waals surface area contributed by atoms with Gasteiger partial charge in [0, 0.05) is 29.7 Å². The van der Waals surface area contributed by atoms with Crippen molar-refractivity contribution in [2.24, 2.45) is 5.73 Å². The number of benzene rings is 1. The van der Waals surface area contributed by atoms with Crippen LogP contribution < -0.4 is 10.6 Å². The summed E-state index contributed by atoms with van der Waals surface area (Å²) < 4.78 is 0. The lowest BCUT2D eigenvalue weighted by Gasteiger charge is -2.34. The third kappa shape index (κ3) is 1.74. The zero-order chi connectivity index (χ0) is 12.8. The van der Waals surface area contributed by atoms with Gasteiger partial charge in [0.15, 0.2) is 0 Å². The SMILES string of the molecule is CC(C)(N)C1(c2ccccc2N2CCCC2)CC1. The van der Waals surface area contributed by atoms with Crippen molar-refractivity contribution in [1.29, 1.82) is 0 Å². The summed E-state index contributed by atoms with van der Waals surface area (Å²) in [5, 5.41) is 0. The van der Waals surface area contributed by atoms with Crippen molar-refractivity contribution < 1.29 is 0 Å². The Morgan fingerprint density at radius 3 is 2.28 bits per heavy atom. The largest absolute Gasteiger partial charge is 0.371 e. The fourth-order valence-corrected chi connectivity index (χ4v) is 3.50. The first kappa shape index (κ1) is 12.0. The van der Waals surface area contributed by atoms with Crippen LogP contribution in [0.5, 0.6) is 0 Å². The minimum Gasteiger partial charge on any atom is -0.371 e. The molecule has 18 heavy (non-hydrogen) atoms. The van der Waals surface area contributed by atoms with Crippen LogP contribution in [0.3, 0.4) is 0 Å². The second-order valence-corrected chi connectivity index (χ2v) is 6.52. The first-order valence-electron chi connectivity index (χ1n) is 7.18. The Labute approximate surface area is 110 Å². The topological polar surface area (TPSA) is 29.3 Å². The van der Waals surface area contributed by atoms with Gasteiger partial charge < -0.3 is 10.6 Å². The fraction of sp³-hybridized carbons (Fsp3) is 0.625. The highest BCUT2D eigenvalue weighted by Crippen LogP contribution is 2.57. The van der Waals surface area contributed by atoms with Crippen LogP contribution in [0.4, 0.5) is 5.69 Å². The average Bonchev–Trinajstić information content (AvgIpc) is 2.98. The fourth-order valence-electron chi connectivity index (χ4n) is 3.50. The van der Waals surface area contributed by atoms with E-state index < -0.39 is 0 Å². The zero-order valence-corrected chi connectivity index (χ0v) is 11.6. The molecule has 0 aromatic heterocycles. The molecule has 2 N–H and O–H groups in total. The molecule has 98 valence electrons. The molecule has 1 saturated carbocycles. The van der Waals surface area contributed by atoms with Gasteiger partial charge in [-0.3, -0.25) is 0 Å². The molecule has 2 nitrogen and oxygen atoms in total. The summed E-state index contributed by atoms with van der Waals surface area (Å²) in [7, 11) is 0. The molecule has 3 rings (SSSR count). The van der Waals surface area contributed by atoms with Gasteiger partial charge in [0.05, 0.1) is 0 Å². The van der Waals surface area contributed by atoms with Gasteiger partial charge in [-0.1, -0.05) is 18.2 Å². The van der Waals surface area contributed by atoms with Crippen molar-refractivity contribution in [2.75, 3.05) is 18.0 Å². The van der Waals surface area contributed by atoms with Crippen LogP contribution in [0.15, 0.2) is 24.3 Å². The maximum Gasteiger partial charge on any atom is 0.0405 e. The van der Waals surface area contributed by atoms with Crippen LogP contribution in [0.1, 0.15) is 45.1 Å². The van der Waals surface area contributed by atoms with Gasteiger partial charge in [-0.05, 0) is 51.2 Å². The van der Waals surface area contributed by atoms with Gasteiger partial charge in [0.1, 0.15) is 0 Å². The number of anilines is 1. The molecular formula is C16H24N2. The summed E-state index contributed by atoms with van der Waals surface area (Å²) in [4.78, 5) is 2.54.